The lowest BCUT2D eigenvalue weighted by atomic mass is 10.2. The predicted octanol–water partition coefficient (Wildman–Crippen LogP) is 2.56. The van der Waals surface area contributed by atoms with E-state index in [2.05, 4.69) is 17.6 Å². The van der Waals surface area contributed by atoms with Crippen molar-refractivity contribution in [2.75, 3.05) is 12.9 Å². The highest BCUT2D eigenvalue weighted by Crippen LogP contribution is 2.17. The number of methoxy groups -OCH3 is 1. The Balaban J connectivity index is 2.87. The fraction of sp³-hybridized carbons (Fsp3) is 0.300. The topological polar surface area (TPSA) is 22.1 Å². The molecule has 76 valence electrons. The maximum Gasteiger partial charge on any atom is 0.220 e. The lowest BCUT2D eigenvalue weighted by molar-refractivity contribution is 0.394. The monoisotopic (exact) mass is 213 g/mol. The summed E-state index contributed by atoms with van der Waals surface area (Å²) in [7, 11) is 1.51. The van der Waals surface area contributed by atoms with Crippen molar-refractivity contribution >= 4 is 18.7 Å². The molecule has 0 bridgehead atoms. The van der Waals surface area contributed by atoms with E-state index in [1.165, 1.54) is 13.2 Å². The van der Waals surface area contributed by atoms with Crippen molar-refractivity contribution in [2.24, 2.45) is 0 Å². The van der Waals surface area contributed by atoms with Crippen LogP contribution < -0.4 is 4.74 Å². The molecule has 0 aliphatic heterocycles. The van der Waals surface area contributed by atoms with Gasteiger partial charge >= 0.3 is 0 Å². The molecule has 1 heterocycles. The minimum atomic E-state index is -0.365. The summed E-state index contributed by atoms with van der Waals surface area (Å²) in [5, 5.41) is 0. The maximum atomic E-state index is 12.8. The van der Waals surface area contributed by atoms with Crippen molar-refractivity contribution in [3.8, 4) is 5.88 Å². The van der Waals surface area contributed by atoms with Crippen molar-refractivity contribution in [3.63, 3.8) is 0 Å². The third-order valence-corrected chi connectivity index (χ3v) is 1.89. The van der Waals surface area contributed by atoms with Crippen molar-refractivity contribution < 1.29 is 9.13 Å². The van der Waals surface area contributed by atoms with Gasteiger partial charge in [-0.2, -0.15) is 12.6 Å². The van der Waals surface area contributed by atoms with E-state index in [0.717, 1.165) is 18.4 Å². The number of ether oxygens (including phenoxy) is 1. The van der Waals surface area contributed by atoms with Gasteiger partial charge in [0.05, 0.1) is 13.3 Å². The highest BCUT2D eigenvalue weighted by molar-refractivity contribution is 7.80. The summed E-state index contributed by atoms with van der Waals surface area (Å²) < 4.78 is 17.8. The number of nitrogens with zero attached hydrogens (tertiary/aromatic N) is 1. The number of allylic oxidation sites excluding steroid dienone is 1. The first kappa shape index (κ1) is 11.0. The molecule has 0 aliphatic rings. The first-order chi connectivity index (χ1) is 6.77. The second-order valence-electron chi connectivity index (χ2n) is 2.67. The Labute approximate surface area is 88.2 Å². The van der Waals surface area contributed by atoms with Crippen molar-refractivity contribution in [2.45, 2.75) is 6.42 Å². The normalized spacial score (nSPS) is 10.8. The van der Waals surface area contributed by atoms with E-state index in [1.807, 2.05) is 6.08 Å². The van der Waals surface area contributed by atoms with Gasteiger partial charge in [-0.15, -0.1) is 0 Å². The molecule has 0 N–H and O–H groups in total. The summed E-state index contributed by atoms with van der Waals surface area (Å²) in [5.74, 6) is 0.833. The minimum absolute atomic E-state index is 0.365. The number of hydrogen-bond acceptors (Lipinski definition) is 3. The van der Waals surface area contributed by atoms with Crippen LogP contribution in [0.15, 0.2) is 18.3 Å². The molecule has 1 rings (SSSR count). The van der Waals surface area contributed by atoms with Crippen LogP contribution in [0, 0.1) is 5.82 Å². The lowest BCUT2D eigenvalue weighted by Crippen LogP contribution is -1.92. The predicted molar refractivity (Wildman–Crippen MR) is 58.3 cm³/mol. The summed E-state index contributed by atoms with van der Waals surface area (Å²) in [6.45, 7) is 0. The van der Waals surface area contributed by atoms with Crippen LogP contribution in [0.2, 0.25) is 0 Å². The van der Waals surface area contributed by atoms with Gasteiger partial charge in [-0.1, -0.05) is 12.2 Å². The van der Waals surface area contributed by atoms with Crippen molar-refractivity contribution in [1.82, 2.24) is 4.98 Å². The maximum absolute atomic E-state index is 12.8. The fourth-order valence-electron chi connectivity index (χ4n) is 1.02. The quantitative estimate of drug-likeness (QED) is 0.776. The summed E-state index contributed by atoms with van der Waals surface area (Å²) in [4.78, 5) is 3.81. The van der Waals surface area contributed by atoms with Crippen LogP contribution in [0.3, 0.4) is 0 Å². The average Bonchev–Trinajstić information content (AvgIpc) is 2.19. The van der Waals surface area contributed by atoms with Gasteiger partial charge in [-0.25, -0.2) is 9.37 Å². The Morgan fingerprint density at radius 1 is 1.64 bits per heavy atom. The van der Waals surface area contributed by atoms with E-state index in [0.29, 0.717) is 11.4 Å². The standard InChI is InChI=1S/C10H12FNOS/c1-13-10-8(4-2-3-5-14)6-9(11)7-12-10/h2,4,6-7,14H,3,5H2,1H3. The molecule has 0 aliphatic carbocycles. The molecule has 0 radical (unpaired) electrons. The van der Waals surface area contributed by atoms with Crippen LogP contribution in [0.4, 0.5) is 4.39 Å². The molecule has 0 spiro atoms. The van der Waals surface area contributed by atoms with Crippen LogP contribution in [0.5, 0.6) is 5.88 Å². The molecular formula is C10H12FNOS. The average molecular weight is 213 g/mol. The van der Waals surface area contributed by atoms with Crippen LogP contribution in [-0.4, -0.2) is 17.8 Å². The Bertz CT molecular complexity index is 328. The van der Waals surface area contributed by atoms with Gasteiger partial charge in [0, 0.05) is 5.56 Å². The van der Waals surface area contributed by atoms with Gasteiger partial charge < -0.3 is 4.74 Å². The molecule has 0 unspecified atom stereocenters. The summed E-state index contributed by atoms with van der Waals surface area (Å²) in [6, 6.07) is 1.39. The van der Waals surface area contributed by atoms with Gasteiger partial charge in [0.1, 0.15) is 5.82 Å². The Morgan fingerprint density at radius 2 is 2.43 bits per heavy atom. The summed E-state index contributed by atoms with van der Waals surface area (Å²) in [6.07, 6.45) is 5.66. The zero-order valence-corrected chi connectivity index (χ0v) is 8.80. The van der Waals surface area contributed by atoms with Crippen molar-refractivity contribution in [3.05, 3.63) is 29.7 Å². The highest BCUT2D eigenvalue weighted by Gasteiger charge is 2.01. The van der Waals surface area contributed by atoms with E-state index < -0.39 is 0 Å². The minimum Gasteiger partial charge on any atom is -0.481 e. The lowest BCUT2D eigenvalue weighted by Gasteiger charge is -2.02. The van der Waals surface area contributed by atoms with Crippen LogP contribution in [0.25, 0.3) is 6.08 Å². The second kappa shape index (κ2) is 5.65. The number of pyridine rings is 1. The summed E-state index contributed by atoms with van der Waals surface area (Å²) >= 11 is 4.06. The molecule has 0 saturated heterocycles. The van der Waals surface area contributed by atoms with E-state index in [9.17, 15) is 4.39 Å². The summed E-state index contributed by atoms with van der Waals surface area (Å²) in [5.41, 5.74) is 0.647. The molecule has 0 atom stereocenters. The Kier molecular flexibility index (Phi) is 4.46. The van der Waals surface area contributed by atoms with E-state index >= 15 is 0 Å². The molecule has 0 aromatic carbocycles. The van der Waals surface area contributed by atoms with E-state index in [4.69, 9.17) is 4.74 Å². The number of thiol groups is 1. The highest BCUT2D eigenvalue weighted by atomic mass is 32.1. The third kappa shape index (κ3) is 3.03. The molecule has 1 aromatic rings. The third-order valence-electron chi connectivity index (χ3n) is 1.63. The molecular weight excluding hydrogens is 201 g/mol. The molecule has 0 fully saturated rings. The van der Waals surface area contributed by atoms with Crippen LogP contribution >= 0.6 is 12.6 Å². The number of hydrogen-bond donors (Lipinski definition) is 1. The number of rotatable bonds is 4. The number of halogens is 1. The van der Waals surface area contributed by atoms with Gasteiger partial charge in [0.25, 0.3) is 0 Å². The van der Waals surface area contributed by atoms with E-state index in [1.54, 1.807) is 6.08 Å². The van der Waals surface area contributed by atoms with Crippen LogP contribution in [-0.2, 0) is 0 Å². The number of aromatic nitrogens is 1. The van der Waals surface area contributed by atoms with Gasteiger partial charge in [-0.3, -0.25) is 0 Å². The molecule has 2 nitrogen and oxygen atoms in total. The zero-order chi connectivity index (χ0) is 10.4. The molecule has 0 amide bonds. The zero-order valence-electron chi connectivity index (χ0n) is 7.90. The molecule has 0 saturated carbocycles. The van der Waals surface area contributed by atoms with Crippen LogP contribution in [0.1, 0.15) is 12.0 Å². The smallest absolute Gasteiger partial charge is 0.220 e. The van der Waals surface area contributed by atoms with E-state index in [-0.39, 0.29) is 5.82 Å². The first-order valence-electron chi connectivity index (χ1n) is 4.25. The Hall–Kier alpha value is -1.03. The fourth-order valence-corrected chi connectivity index (χ4v) is 1.17. The molecule has 14 heavy (non-hydrogen) atoms. The molecule has 4 heteroatoms. The SMILES string of the molecule is COc1ncc(F)cc1C=CCCS. The largest absolute Gasteiger partial charge is 0.481 e. The first-order valence-corrected chi connectivity index (χ1v) is 4.88. The van der Waals surface area contributed by atoms with Gasteiger partial charge in [-0.05, 0) is 18.2 Å². The second-order valence-corrected chi connectivity index (χ2v) is 3.11. The van der Waals surface area contributed by atoms with Crippen molar-refractivity contribution in [1.29, 1.82) is 0 Å². The Morgan fingerprint density at radius 3 is 3.07 bits per heavy atom. The van der Waals surface area contributed by atoms with Gasteiger partial charge in [0.2, 0.25) is 5.88 Å². The van der Waals surface area contributed by atoms with Gasteiger partial charge in [0.15, 0.2) is 0 Å². The molecule has 1 aromatic heterocycles.